The predicted molar refractivity (Wildman–Crippen MR) is 123 cm³/mol. The van der Waals surface area contributed by atoms with Gasteiger partial charge >= 0.3 is 0 Å². The summed E-state index contributed by atoms with van der Waals surface area (Å²) in [7, 11) is 0. The minimum atomic E-state index is 0.690. The summed E-state index contributed by atoms with van der Waals surface area (Å²) < 4.78 is 7.16. The minimum Gasteiger partial charge on any atom is -0.494 e. The largest absolute Gasteiger partial charge is 0.494 e. The van der Waals surface area contributed by atoms with Gasteiger partial charge in [-0.15, -0.1) is 0 Å². The summed E-state index contributed by atoms with van der Waals surface area (Å²) in [4.78, 5) is 0. The Bertz CT molecular complexity index is 673. The van der Waals surface area contributed by atoms with Gasteiger partial charge in [0.2, 0.25) is 0 Å². The molecule has 0 fully saturated rings. The van der Waals surface area contributed by atoms with E-state index in [1.165, 1.54) is 55.8 Å². The van der Waals surface area contributed by atoms with Gasteiger partial charge in [0.15, 0.2) is 0 Å². The Morgan fingerprint density at radius 3 is 1.67 bits per heavy atom. The Kier molecular flexibility index (Phi) is 11.0. The fraction of sp³-hybridized carbons (Fsp3) is 0.458. The van der Waals surface area contributed by atoms with Gasteiger partial charge in [-0.05, 0) is 52.7 Å². The SMILES string of the molecule is N#Cc1ccc(-c2ccc(OCCCCCCCCCCCI)cc2)cc1. The van der Waals surface area contributed by atoms with Gasteiger partial charge in [0.1, 0.15) is 5.75 Å². The Morgan fingerprint density at radius 2 is 1.15 bits per heavy atom. The number of nitriles is 1. The summed E-state index contributed by atoms with van der Waals surface area (Å²) in [5.74, 6) is 0.933. The predicted octanol–water partition coefficient (Wildman–Crippen LogP) is 7.55. The van der Waals surface area contributed by atoms with Crippen molar-refractivity contribution in [2.45, 2.75) is 57.8 Å². The van der Waals surface area contributed by atoms with Crippen molar-refractivity contribution in [1.29, 1.82) is 5.26 Å². The molecule has 0 amide bonds. The monoisotopic (exact) mass is 475 g/mol. The highest BCUT2D eigenvalue weighted by atomic mass is 127. The Hall–Kier alpha value is -1.54. The summed E-state index contributed by atoms with van der Waals surface area (Å²) in [6.07, 6.45) is 12.1. The molecule has 0 radical (unpaired) electrons. The lowest BCUT2D eigenvalue weighted by atomic mass is 10.0. The highest BCUT2D eigenvalue weighted by Gasteiger charge is 2.00. The van der Waals surface area contributed by atoms with Crippen LogP contribution in [0.25, 0.3) is 11.1 Å². The molecule has 0 unspecified atom stereocenters. The van der Waals surface area contributed by atoms with Crippen LogP contribution in [0, 0.1) is 11.3 Å². The van der Waals surface area contributed by atoms with Gasteiger partial charge in [0.25, 0.3) is 0 Å². The van der Waals surface area contributed by atoms with Crippen molar-refractivity contribution in [3.63, 3.8) is 0 Å². The molecule has 0 N–H and O–H groups in total. The van der Waals surface area contributed by atoms with Crippen LogP contribution in [0.1, 0.15) is 63.4 Å². The fourth-order valence-corrected chi connectivity index (χ4v) is 3.64. The number of rotatable bonds is 13. The van der Waals surface area contributed by atoms with Gasteiger partial charge in [-0.1, -0.05) is 91.8 Å². The van der Waals surface area contributed by atoms with E-state index in [1.807, 2.05) is 36.4 Å². The smallest absolute Gasteiger partial charge is 0.119 e. The summed E-state index contributed by atoms with van der Waals surface area (Å²) in [6.45, 7) is 0.797. The second-order valence-corrected chi connectivity index (χ2v) is 8.01. The standard InChI is InChI=1S/C24H30INO/c25-18-8-6-4-2-1-3-5-7-9-19-27-24-16-14-23(15-17-24)22-12-10-21(20-26)11-13-22/h10-17H,1-9,18-19H2. The van der Waals surface area contributed by atoms with Crippen LogP contribution >= 0.6 is 22.6 Å². The first-order valence-corrected chi connectivity index (χ1v) is 11.7. The normalized spacial score (nSPS) is 10.5. The van der Waals surface area contributed by atoms with Crippen LogP contribution in [0.15, 0.2) is 48.5 Å². The Labute approximate surface area is 178 Å². The van der Waals surface area contributed by atoms with Crippen molar-refractivity contribution in [2.24, 2.45) is 0 Å². The lowest BCUT2D eigenvalue weighted by molar-refractivity contribution is 0.304. The zero-order valence-electron chi connectivity index (χ0n) is 16.1. The van der Waals surface area contributed by atoms with E-state index >= 15 is 0 Å². The van der Waals surface area contributed by atoms with Crippen LogP contribution in [0.3, 0.4) is 0 Å². The van der Waals surface area contributed by atoms with E-state index in [0.717, 1.165) is 29.9 Å². The van der Waals surface area contributed by atoms with Gasteiger partial charge in [-0.3, -0.25) is 0 Å². The lowest BCUT2D eigenvalue weighted by Crippen LogP contribution is -1.97. The lowest BCUT2D eigenvalue weighted by Gasteiger charge is -2.08. The molecule has 2 nitrogen and oxygen atoms in total. The molecule has 0 atom stereocenters. The van der Waals surface area contributed by atoms with Crippen LogP contribution in [-0.4, -0.2) is 11.0 Å². The molecule has 0 saturated carbocycles. The summed E-state index contributed by atoms with van der Waals surface area (Å²) >= 11 is 2.46. The van der Waals surface area contributed by atoms with Gasteiger partial charge in [0, 0.05) is 0 Å². The van der Waals surface area contributed by atoms with Crippen LogP contribution in [0.5, 0.6) is 5.75 Å². The van der Waals surface area contributed by atoms with E-state index in [9.17, 15) is 0 Å². The number of alkyl halides is 1. The summed E-state index contributed by atoms with van der Waals surface area (Å²) in [5.41, 5.74) is 2.95. The van der Waals surface area contributed by atoms with Crippen molar-refractivity contribution in [2.75, 3.05) is 11.0 Å². The first-order chi connectivity index (χ1) is 13.3. The number of nitrogens with zero attached hydrogens (tertiary/aromatic N) is 1. The second-order valence-electron chi connectivity index (χ2n) is 6.93. The van der Waals surface area contributed by atoms with E-state index in [0.29, 0.717) is 5.56 Å². The number of hydrogen-bond acceptors (Lipinski definition) is 2. The van der Waals surface area contributed by atoms with Gasteiger partial charge in [-0.2, -0.15) is 5.26 Å². The maximum Gasteiger partial charge on any atom is 0.119 e. The number of benzene rings is 2. The number of hydrogen-bond donors (Lipinski definition) is 0. The van der Waals surface area contributed by atoms with Crippen LogP contribution in [-0.2, 0) is 0 Å². The van der Waals surface area contributed by atoms with Gasteiger partial charge in [0.05, 0.1) is 18.2 Å². The molecular weight excluding hydrogens is 445 g/mol. The third kappa shape index (κ3) is 8.79. The molecule has 0 aliphatic carbocycles. The third-order valence-electron chi connectivity index (χ3n) is 4.75. The first-order valence-electron chi connectivity index (χ1n) is 10.1. The van der Waals surface area contributed by atoms with Gasteiger partial charge in [-0.25, -0.2) is 0 Å². The van der Waals surface area contributed by atoms with Crippen molar-refractivity contribution >= 4 is 22.6 Å². The van der Waals surface area contributed by atoms with Crippen LogP contribution in [0.4, 0.5) is 0 Å². The Balaban J connectivity index is 1.57. The highest BCUT2D eigenvalue weighted by molar-refractivity contribution is 14.1. The molecule has 0 heterocycles. The molecule has 0 saturated heterocycles. The van der Waals surface area contributed by atoms with Crippen LogP contribution < -0.4 is 4.74 Å². The molecule has 144 valence electrons. The molecule has 0 spiro atoms. The van der Waals surface area contributed by atoms with Crippen molar-refractivity contribution in [3.05, 3.63) is 54.1 Å². The second kappa shape index (κ2) is 13.6. The molecule has 27 heavy (non-hydrogen) atoms. The minimum absolute atomic E-state index is 0.690. The van der Waals surface area contributed by atoms with Crippen molar-refractivity contribution in [3.8, 4) is 22.9 Å². The van der Waals surface area contributed by atoms with Crippen LogP contribution in [0.2, 0.25) is 0 Å². The van der Waals surface area contributed by atoms with Crippen molar-refractivity contribution in [1.82, 2.24) is 0 Å². The van der Waals surface area contributed by atoms with E-state index in [4.69, 9.17) is 10.00 Å². The molecule has 2 aromatic carbocycles. The molecule has 0 aliphatic rings. The maximum absolute atomic E-state index is 8.87. The number of unbranched alkanes of at least 4 members (excludes halogenated alkanes) is 8. The topological polar surface area (TPSA) is 33.0 Å². The van der Waals surface area contributed by atoms with E-state index < -0.39 is 0 Å². The number of ether oxygens (including phenoxy) is 1. The summed E-state index contributed by atoms with van der Waals surface area (Å²) in [6, 6.07) is 18.0. The molecule has 0 aromatic heterocycles. The molecule has 2 aromatic rings. The zero-order valence-corrected chi connectivity index (χ0v) is 18.3. The van der Waals surface area contributed by atoms with E-state index in [1.54, 1.807) is 0 Å². The molecule has 3 heteroatoms. The molecule has 0 bridgehead atoms. The average molecular weight is 475 g/mol. The fourth-order valence-electron chi connectivity index (χ4n) is 3.10. The highest BCUT2D eigenvalue weighted by Crippen LogP contribution is 2.23. The number of halogens is 1. The molecular formula is C24H30INO. The van der Waals surface area contributed by atoms with Crippen molar-refractivity contribution < 1.29 is 4.74 Å². The quantitative estimate of drug-likeness (QED) is 0.170. The maximum atomic E-state index is 8.87. The van der Waals surface area contributed by atoms with Gasteiger partial charge < -0.3 is 4.74 Å². The van der Waals surface area contributed by atoms with E-state index in [-0.39, 0.29) is 0 Å². The third-order valence-corrected chi connectivity index (χ3v) is 5.51. The zero-order chi connectivity index (χ0) is 19.2. The molecule has 0 aliphatic heterocycles. The Morgan fingerprint density at radius 1 is 0.667 bits per heavy atom. The summed E-state index contributed by atoms with van der Waals surface area (Å²) in [5, 5.41) is 8.87. The average Bonchev–Trinajstić information content (AvgIpc) is 2.72. The molecule has 2 rings (SSSR count). The van der Waals surface area contributed by atoms with E-state index in [2.05, 4.69) is 40.8 Å². The first kappa shape index (κ1) is 21.8.